The van der Waals surface area contributed by atoms with E-state index in [-0.39, 0.29) is 36.5 Å². The van der Waals surface area contributed by atoms with E-state index in [1.54, 1.807) is 42.3 Å². The molecule has 2 heterocycles. The van der Waals surface area contributed by atoms with E-state index in [4.69, 9.17) is 4.52 Å². The molecule has 2 aromatic carbocycles. The first-order valence-corrected chi connectivity index (χ1v) is 10.3. The van der Waals surface area contributed by atoms with Gasteiger partial charge < -0.3 is 9.42 Å². The van der Waals surface area contributed by atoms with Crippen molar-refractivity contribution in [2.24, 2.45) is 0 Å². The molecule has 0 spiro atoms. The van der Waals surface area contributed by atoms with Crippen molar-refractivity contribution in [2.75, 3.05) is 26.7 Å². The SMILES string of the molecule is CN(Cc1ccccc1F)C(=O)CN1CCCC(c2nc(-c3ccc(F)cc3)no2)C1. The predicted octanol–water partition coefficient (Wildman–Crippen LogP) is 3.85. The number of likely N-dealkylation sites (tertiary alicyclic amines) is 1. The van der Waals surface area contributed by atoms with E-state index in [0.717, 1.165) is 19.4 Å². The summed E-state index contributed by atoms with van der Waals surface area (Å²) in [7, 11) is 1.68. The highest BCUT2D eigenvalue weighted by Crippen LogP contribution is 2.27. The van der Waals surface area contributed by atoms with E-state index in [0.29, 0.717) is 29.4 Å². The van der Waals surface area contributed by atoms with Gasteiger partial charge in [0.1, 0.15) is 11.6 Å². The van der Waals surface area contributed by atoms with Crippen molar-refractivity contribution < 1.29 is 18.1 Å². The molecule has 0 N–H and O–H groups in total. The van der Waals surface area contributed by atoms with Crippen LogP contribution < -0.4 is 0 Å². The number of carbonyl (C=O) groups excluding carboxylic acids is 1. The number of hydrogen-bond acceptors (Lipinski definition) is 5. The second-order valence-electron chi connectivity index (χ2n) is 7.88. The Hall–Kier alpha value is -3.13. The molecule has 6 nitrogen and oxygen atoms in total. The van der Waals surface area contributed by atoms with Gasteiger partial charge in [0.2, 0.25) is 17.6 Å². The van der Waals surface area contributed by atoms with Gasteiger partial charge >= 0.3 is 0 Å². The van der Waals surface area contributed by atoms with Crippen LogP contribution in [0.1, 0.15) is 30.2 Å². The Morgan fingerprint density at radius 3 is 2.74 bits per heavy atom. The number of halogens is 2. The Kier molecular flexibility index (Phi) is 6.36. The van der Waals surface area contributed by atoms with Gasteiger partial charge in [0, 0.05) is 31.3 Å². The molecule has 31 heavy (non-hydrogen) atoms. The minimum atomic E-state index is -0.319. The van der Waals surface area contributed by atoms with Crippen LogP contribution in [-0.4, -0.2) is 52.5 Å². The molecule has 8 heteroatoms. The molecular weight excluding hydrogens is 402 g/mol. The molecule has 1 fully saturated rings. The zero-order valence-electron chi connectivity index (χ0n) is 17.3. The van der Waals surface area contributed by atoms with E-state index in [2.05, 4.69) is 15.0 Å². The minimum absolute atomic E-state index is 0.0279. The number of rotatable bonds is 6. The van der Waals surface area contributed by atoms with Crippen LogP contribution in [0.5, 0.6) is 0 Å². The highest BCUT2D eigenvalue weighted by Gasteiger charge is 2.28. The molecule has 0 bridgehead atoms. The van der Waals surface area contributed by atoms with Crippen molar-refractivity contribution in [1.29, 1.82) is 0 Å². The van der Waals surface area contributed by atoms with E-state index >= 15 is 0 Å². The van der Waals surface area contributed by atoms with Gasteiger partial charge in [-0.1, -0.05) is 23.4 Å². The third-order valence-electron chi connectivity index (χ3n) is 5.55. The first-order valence-electron chi connectivity index (χ1n) is 10.3. The number of nitrogens with zero attached hydrogens (tertiary/aromatic N) is 4. The molecule has 1 saturated heterocycles. The minimum Gasteiger partial charge on any atom is -0.340 e. The number of benzene rings is 2. The van der Waals surface area contributed by atoms with E-state index in [1.807, 2.05) is 0 Å². The Labute approximate surface area is 179 Å². The Morgan fingerprint density at radius 2 is 1.97 bits per heavy atom. The predicted molar refractivity (Wildman–Crippen MR) is 111 cm³/mol. The topological polar surface area (TPSA) is 62.5 Å². The van der Waals surface area contributed by atoms with Crippen molar-refractivity contribution in [3.8, 4) is 11.4 Å². The molecule has 0 saturated carbocycles. The lowest BCUT2D eigenvalue weighted by Crippen LogP contribution is -2.42. The average molecular weight is 426 g/mol. The van der Waals surface area contributed by atoms with Gasteiger partial charge in [-0.2, -0.15) is 4.98 Å². The summed E-state index contributed by atoms with van der Waals surface area (Å²) in [5.74, 6) is 0.277. The maximum atomic E-state index is 13.9. The monoisotopic (exact) mass is 426 g/mol. The first kappa shape index (κ1) is 21.1. The van der Waals surface area contributed by atoms with Crippen LogP contribution in [0.15, 0.2) is 53.1 Å². The molecule has 3 aromatic rings. The molecule has 162 valence electrons. The fourth-order valence-electron chi connectivity index (χ4n) is 3.80. The smallest absolute Gasteiger partial charge is 0.236 e. The molecule has 4 rings (SSSR count). The number of hydrogen-bond donors (Lipinski definition) is 0. The number of piperidine rings is 1. The van der Waals surface area contributed by atoms with Gasteiger partial charge in [-0.15, -0.1) is 0 Å². The largest absolute Gasteiger partial charge is 0.340 e. The molecular formula is C23H24F2N4O2. The van der Waals surface area contributed by atoms with Gasteiger partial charge in [-0.3, -0.25) is 9.69 Å². The third kappa shape index (κ3) is 5.14. The summed E-state index contributed by atoms with van der Waals surface area (Å²) in [4.78, 5) is 20.8. The fraction of sp³-hybridized carbons (Fsp3) is 0.348. The van der Waals surface area contributed by atoms with Crippen LogP contribution in [0, 0.1) is 11.6 Å². The molecule has 1 aromatic heterocycles. The number of likely N-dealkylation sites (N-methyl/N-ethyl adjacent to an activating group) is 1. The average Bonchev–Trinajstić information content (AvgIpc) is 3.26. The van der Waals surface area contributed by atoms with Gasteiger partial charge in [-0.05, 0) is 49.7 Å². The van der Waals surface area contributed by atoms with Crippen molar-refractivity contribution in [3.05, 3.63) is 71.6 Å². The third-order valence-corrected chi connectivity index (χ3v) is 5.55. The van der Waals surface area contributed by atoms with Gasteiger partial charge in [0.05, 0.1) is 12.5 Å². The Morgan fingerprint density at radius 1 is 1.19 bits per heavy atom. The lowest BCUT2D eigenvalue weighted by Gasteiger charge is -2.31. The lowest BCUT2D eigenvalue weighted by molar-refractivity contribution is -0.132. The molecule has 1 amide bonds. The van der Waals surface area contributed by atoms with Crippen LogP contribution in [-0.2, 0) is 11.3 Å². The summed E-state index contributed by atoms with van der Waals surface area (Å²) < 4.78 is 32.5. The molecule has 0 aliphatic carbocycles. The van der Waals surface area contributed by atoms with Crippen LogP contribution in [0.2, 0.25) is 0 Å². The quantitative estimate of drug-likeness (QED) is 0.599. The van der Waals surface area contributed by atoms with Crippen molar-refractivity contribution in [1.82, 2.24) is 19.9 Å². The highest BCUT2D eigenvalue weighted by atomic mass is 19.1. The standard InChI is InChI=1S/C23H24F2N4O2/c1-28(13-17-5-2-3-7-20(17)25)21(30)15-29-12-4-6-18(14-29)23-26-22(27-31-23)16-8-10-19(24)11-9-16/h2-3,5,7-11,18H,4,6,12-15H2,1H3. The number of aromatic nitrogens is 2. The summed E-state index contributed by atoms with van der Waals surface area (Å²) in [5.41, 5.74) is 1.18. The van der Waals surface area contributed by atoms with Crippen LogP contribution in [0.25, 0.3) is 11.4 Å². The van der Waals surface area contributed by atoms with Crippen LogP contribution in [0.3, 0.4) is 0 Å². The highest BCUT2D eigenvalue weighted by molar-refractivity contribution is 5.78. The van der Waals surface area contributed by atoms with E-state index < -0.39 is 0 Å². The van der Waals surface area contributed by atoms with Crippen LogP contribution >= 0.6 is 0 Å². The summed E-state index contributed by atoms with van der Waals surface area (Å²) in [6, 6.07) is 12.4. The fourth-order valence-corrected chi connectivity index (χ4v) is 3.80. The van der Waals surface area contributed by atoms with E-state index in [9.17, 15) is 13.6 Å². The van der Waals surface area contributed by atoms with Crippen molar-refractivity contribution in [2.45, 2.75) is 25.3 Å². The van der Waals surface area contributed by atoms with Crippen LogP contribution in [0.4, 0.5) is 8.78 Å². The summed E-state index contributed by atoms with van der Waals surface area (Å²) in [5, 5.41) is 4.02. The van der Waals surface area contributed by atoms with Gasteiger partial charge in [0.15, 0.2) is 0 Å². The maximum Gasteiger partial charge on any atom is 0.236 e. The second-order valence-corrected chi connectivity index (χ2v) is 7.88. The van der Waals surface area contributed by atoms with Gasteiger partial charge in [0.25, 0.3) is 0 Å². The zero-order chi connectivity index (χ0) is 21.8. The molecule has 1 aliphatic heterocycles. The van der Waals surface area contributed by atoms with E-state index in [1.165, 1.54) is 18.2 Å². The summed E-state index contributed by atoms with van der Waals surface area (Å²) >= 11 is 0. The molecule has 1 atom stereocenters. The first-order chi connectivity index (χ1) is 15.0. The molecule has 1 unspecified atom stereocenters. The lowest BCUT2D eigenvalue weighted by atomic mass is 9.98. The van der Waals surface area contributed by atoms with Crippen molar-refractivity contribution in [3.63, 3.8) is 0 Å². The Bertz CT molecular complexity index is 1040. The zero-order valence-corrected chi connectivity index (χ0v) is 17.3. The Balaban J connectivity index is 1.36. The van der Waals surface area contributed by atoms with Crippen molar-refractivity contribution >= 4 is 5.91 Å². The maximum absolute atomic E-state index is 13.9. The number of amides is 1. The molecule has 1 aliphatic rings. The summed E-state index contributed by atoms with van der Waals surface area (Å²) in [6.07, 6.45) is 1.80. The second kappa shape index (κ2) is 9.34. The van der Waals surface area contributed by atoms with Gasteiger partial charge in [-0.25, -0.2) is 8.78 Å². The summed E-state index contributed by atoms with van der Waals surface area (Å²) in [6.45, 7) is 1.91. The normalized spacial score (nSPS) is 16.9. The number of carbonyl (C=O) groups is 1. The molecule has 0 radical (unpaired) electrons.